The van der Waals surface area contributed by atoms with Crippen LogP contribution in [-0.2, 0) is 12.8 Å². The largest absolute Gasteiger partial charge is 0.316 e. The van der Waals surface area contributed by atoms with E-state index in [2.05, 4.69) is 64.2 Å². The lowest BCUT2D eigenvalue weighted by Gasteiger charge is -2.17. The van der Waals surface area contributed by atoms with Gasteiger partial charge in [0.2, 0.25) is 0 Å². The van der Waals surface area contributed by atoms with E-state index in [1.165, 1.54) is 30.4 Å². The van der Waals surface area contributed by atoms with Crippen molar-refractivity contribution in [2.45, 2.75) is 60.3 Å². The molecular formula is C19H33N. The van der Waals surface area contributed by atoms with Gasteiger partial charge in [-0.05, 0) is 61.2 Å². The first kappa shape index (κ1) is 17.2. The normalized spacial score (nSPS) is 12.1. The zero-order valence-corrected chi connectivity index (χ0v) is 14.1. The summed E-state index contributed by atoms with van der Waals surface area (Å²) in [6, 6.07) is 9.20. The second-order valence-corrected chi connectivity index (χ2v) is 7.58. The van der Waals surface area contributed by atoms with Crippen LogP contribution >= 0.6 is 0 Å². The molecule has 1 N–H and O–H groups in total. The molecule has 0 saturated carbocycles. The van der Waals surface area contributed by atoms with Crippen LogP contribution in [0.15, 0.2) is 24.3 Å². The lowest BCUT2D eigenvalue weighted by atomic mass is 9.89. The van der Waals surface area contributed by atoms with E-state index in [1.54, 1.807) is 0 Å². The molecule has 0 aromatic heterocycles. The molecule has 0 bridgehead atoms. The Bertz CT molecular complexity index is 356. The summed E-state index contributed by atoms with van der Waals surface area (Å²) in [6.07, 6.45) is 4.94. The van der Waals surface area contributed by atoms with E-state index in [1.807, 2.05) is 0 Å². The molecule has 0 fully saturated rings. The van der Waals surface area contributed by atoms with Crippen LogP contribution in [0.4, 0.5) is 0 Å². The maximum absolute atomic E-state index is 3.50. The first-order valence-corrected chi connectivity index (χ1v) is 8.15. The van der Waals surface area contributed by atoms with Crippen molar-refractivity contribution in [3.05, 3.63) is 35.4 Å². The predicted octanol–water partition coefficient (Wildman–Crippen LogP) is 4.84. The van der Waals surface area contributed by atoms with Gasteiger partial charge in [0.25, 0.3) is 0 Å². The summed E-state index contributed by atoms with van der Waals surface area (Å²) >= 11 is 0. The Kier molecular flexibility index (Phi) is 7.29. The highest BCUT2D eigenvalue weighted by atomic mass is 14.8. The highest BCUT2D eigenvalue weighted by Gasteiger charge is 2.09. The maximum Gasteiger partial charge on any atom is -0.000824 e. The quantitative estimate of drug-likeness (QED) is 0.669. The Morgan fingerprint density at radius 3 is 2.00 bits per heavy atom. The molecule has 0 saturated heterocycles. The van der Waals surface area contributed by atoms with Gasteiger partial charge in [-0.25, -0.2) is 0 Å². The second kappa shape index (κ2) is 8.46. The molecule has 1 nitrogen and oxygen atoms in total. The Labute approximate surface area is 126 Å². The van der Waals surface area contributed by atoms with Crippen molar-refractivity contribution in [3.63, 3.8) is 0 Å². The van der Waals surface area contributed by atoms with Crippen LogP contribution in [0.25, 0.3) is 0 Å². The minimum Gasteiger partial charge on any atom is -0.316 e. The fourth-order valence-electron chi connectivity index (χ4n) is 2.32. The lowest BCUT2D eigenvalue weighted by Crippen LogP contribution is -2.22. The van der Waals surface area contributed by atoms with E-state index < -0.39 is 0 Å². The standard InChI is InChI=1S/C19H33N/c1-16(2)15-20-14-12-18-10-8-17(9-11-18)7-6-13-19(3,4)5/h8-11,16,20H,6-7,12-15H2,1-5H3. The highest BCUT2D eigenvalue weighted by molar-refractivity contribution is 5.22. The molecule has 1 rings (SSSR count). The average Bonchev–Trinajstić information content (AvgIpc) is 2.34. The molecule has 1 aromatic carbocycles. The van der Waals surface area contributed by atoms with E-state index in [-0.39, 0.29) is 0 Å². The zero-order chi connectivity index (χ0) is 15.0. The minimum atomic E-state index is 0.460. The summed E-state index contributed by atoms with van der Waals surface area (Å²) in [5.41, 5.74) is 3.39. The molecular weight excluding hydrogens is 242 g/mol. The van der Waals surface area contributed by atoms with Gasteiger partial charge in [0.05, 0.1) is 0 Å². The van der Waals surface area contributed by atoms with Crippen molar-refractivity contribution in [3.8, 4) is 0 Å². The number of aryl methyl sites for hydroxylation is 1. The molecule has 1 aromatic rings. The zero-order valence-electron chi connectivity index (χ0n) is 14.1. The molecule has 1 heteroatoms. The van der Waals surface area contributed by atoms with Gasteiger partial charge in [-0.1, -0.05) is 58.9 Å². The molecule has 0 amide bonds. The predicted molar refractivity (Wildman–Crippen MR) is 90.2 cm³/mol. The number of nitrogens with one attached hydrogen (secondary N) is 1. The van der Waals surface area contributed by atoms with Gasteiger partial charge < -0.3 is 5.32 Å². The summed E-state index contributed by atoms with van der Waals surface area (Å²) in [5.74, 6) is 0.736. The van der Waals surface area contributed by atoms with E-state index in [0.29, 0.717) is 5.41 Å². The van der Waals surface area contributed by atoms with Crippen LogP contribution in [0.2, 0.25) is 0 Å². The van der Waals surface area contributed by atoms with E-state index in [4.69, 9.17) is 0 Å². The number of hydrogen-bond donors (Lipinski definition) is 1. The Balaban J connectivity index is 2.26. The van der Waals surface area contributed by atoms with Gasteiger partial charge in [-0.15, -0.1) is 0 Å². The fourth-order valence-corrected chi connectivity index (χ4v) is 2.32. The highest BCUT2D eigenvalue weighted by Crippen LogP contribution is 2.22. The smallest absolute Gasteiger partial charge is 0.000824 e. The average molecular weight is 275 g/mol. The van der Waals surface area contributed by atoms with Crippen molar-refractivity contribution in [1.82, 2.24) is 5.32 Å². The summed E-state index contributed by atoms with van der Waals surface area (Å²) in [4.78, 5) is 0. The monoisotopic (exact) mass is 275 g/mol. The van der Waals surface area contributed by atoms with E-state index in [9.17, 15) is 0 Å². The third-order valence-corrected chi connectivity index (χ3v) is 3.56. The number of rotatable bonds is 8. The SMILES string of the molecule is CC(C)CNCCc1ccc(CCCC(C)(C)C)cc1. The van der Waals surface area contributed by atoms with Crippen LogP contribution in [0.5, 0.6) is 0 Å². The van der Waals surface area contributed by atoms with Gasteiger partial charge in [0.1, 0.15) is 0 Å². The minimum absolute atomic E-state index is 0.460. The fraction of sp³-hybridized carbons (Fsp3) is 0.684. The maximum atomic E-state index is 3.50. The third-order valence-electron chi connectivity index (χ3n) is 3.56. The van der Waals surface area contributed by atoms with Crippen molar-refractivity contribution in [2.75, 3.05) is 13.1 Å². The van der Waals surface area contributed by atoms with Crippen molar-refractivity contribution < 1.29 is 0 Å². The van der Waals surface area contributed by atoms with Crippen molar-refractivity contribution >= 4 is 0 Å². The summed E-state index contributed by atoms with van der Waals surface area (Å²) < 4.78 is 0. The first-order valence-electron chi connectivity index (χ1n) is 8.15. The molecule has 0 radical (unpaired) electrons. The third kappa shape index (κ3) is 8.37. The van der Waals surface area contributed by atoms with Crippen LogP contribution in [-0.4, -0.2) is 13.1 Å². The molecule has 0 heterocycles. The van der Waals surface area contributed by atoms with Gasteiger partial charge in [-0.2, -0.15) is 0 Å². The topological polar surface area (TPSA) is 12.0 Å². The van der Waals surface area contributed by atoms with Crippen LogP contribution < -0.4 is 5.32 Å². The molecule has 0 unspecified atom stereocenters. The molecule has 0 aliphatic heterocycles. The second-order valence-electron chi connectivity index (χ2n) is 7.58. The Morgan fingerprint density at radius 2 is 1.50 bits per heavy atom. The van der Waals surface area contributed by atoms with Gasteiger partial charge in [-0.3, -0.25) is 0 Å². The van der Waals surface area contributed by atoms with Gasteiger partial charge in [0, 0.05) is 0 Å². The molecule has 0 aliphatic carbocycles. The number of hydrogen-bond acceptors (Lipinski definition) is 1. The van der Waals surface area contributed by atoms with Crippen LogP contribution in [0.3, 0.4) is 0 Å². The summed E-state index contributed by atoms with van der Waals surface area (Å²) in [6.45, 7) is 13.7. The molecule has 20 heavy (non-hydrogen) atoms. The van der Waals surface area contributed by atoms with Crippen LogP contribution in [0.1, 0.15) is 58.6 Å². The Hall–Kier alpha value is -0.820. The summed E-state index contributed by atoms with van der Waals surface area (Å²) in [5, 5.41) is 3.50. The van der Waals surface area contributed by atoms with E-state index >= 15 is 0 Å². The van der Waals surface area contributed by atoms with E-state index in [0.717, 1.165) is 25.4 Å². The van der Waals surface area contributed by atoms with Gasteiger partial charge in [0.15, 0.2) is 0 Å². The summed E-state index contributed by atoms with van der Waals surface area (Å²) in [7, 11) is 0. The van der Waals surface area contributed by atoms with Crippen LogP contribution in [0, 0.1) is 11.3 Å². The van der Waals surface area contributed by atoms with Crippen molar-refractivity contribution in [2.24, 2.45) is 11.3 Å². The molecule has 0 spiro atoms. The van der Waals surface area contributed by atoms with Gasteiger partial charge >= 0.3 is 0 Å². The number of benzene rings is 1. The lowest BCUT2D eigenvalue weighted by molar-refractivity contribution is 0.365. The van der Waals surface area contributed by atoms with Crippen molar-refractivity contribution in [1.29, 1.82) is 0 Å². The molecule has 0 atom stereocenters. The first-order chi connectivity index (χ1) is 9.37. The molecule has 114 valence electrons. The molecule has 0 aliphatic rings. The Morgan fingerprint density at radius 1 is 0.950 bits per heavy atom.